The number of nitrogens with zero attached hydrogens (tertiary/aromatic N) is 4. The lowest BCUT2D eigenvalue weighted by Gasteiger charge is -2.09. The predicted octanol–water partition coefficient (Wildman–Crippen LogP) is 4.29. The number of imidazole rings is 1. The lowest BCUT2D eigenvalue weighted by molar-refractivity contribution is 0.0531. The summed E-state index contributed by atoms with van der Waals surface area (Å²) in [6.45, 7) is 12.2. The molecular formula is C23H27N5O4S. The number of thiazole rings is 1. The minimum absolute atomic E-state index is 0.100. The van der Waals surface area contributed by atoms with Gasteiger partial charge in [0.15, 0.2) is 16.6 Å². The Kier molecular flexibility index (Phi) is 7.49. The minimum Gasteiger partial charge on any atom is -0.504 e. The molecule has 0 aliphatic heterocycles. The van der Waals surface area contributed by atoms with E-state index in [4.69, 9.17) is 9.47 Å². The first kappa shape index (κ1) is 24.0. The topological polar surface area (TPSA) is 111 Å². The number of aryl methyl sites for hydroxylation is 1. The van der Waals surface area contributed by atoms with Crippen molar-refractivity contribution in [1.29, 1.82) is 0 Å². The number of ether oxygens (including phenoxy) is 2. The fourth-order valence-electron chi connectivity index (χ4n) is 3.22. The number of methoxy groups -OCH3 is 1. The summed E-state index contributed by atoms with van der Waals surface area (Å²) in [4.78, 5) is 25.8. The number of phenols is 1. The van der Waals surface area contributed by atoms with E-state index >= 15 is 0 Å². The fourth-order valence-corrected chi connectivity index (χ4v) is 4.10. The zero-order valence-corrected chi connectivity index (χ0v) is 20.1. The molecule has 0 aliphatic rings. The van der Waals surface area contributed by atoms with Gasteiger partial charge in [-0.2, -0.15) is 0 Å². The second-order valence-corrected chi connectivity index (χ2v) is 8.23. The van der Waals surface area contributed by atoms with Crippen molar-refractivity contribution in [3.63, 3.8) is 0 Å². The molecule has 0 unspecified atom stereocenters. The highest BCUT2D eigenvalue weighted by Gasteiger charge is 2.17. The number of phenolic OH excluding ortho intramolecular Hbond substituents is 1. The first-order chi connectivity index (χ1) is 15.7. The number of aromatic nitrogens is 3. The molecule has 0 spiro atoms. The van der Waals surface area contributed by atoms with Gasteiger partial charge < -0.3 is 24.5 Å². The Bertz CT molecular complexity index is 1210. The second kappa shape index (κ2) is 10.3. The second-order valence-electron chi connectivity index (χ2n) is 7.24. The molecule has 0 radical (unpaired) electrons. The lowest BCUT2D eigenvalue weighted by atomic mass is 10.2. The van der Waals surface area contributed by atoms with E-state index in [1.165, 1.54) is 18.4 Å². The minimum atomic E-state index is -0.391. The van der Waals surface area contributed by atoms with E-state index in [0.717, 1.165) is 17.0 Å². The Morgan fingerprint density at radius 2 is 2.12 bits per heavy atom. The van der Waals surface area contributed by atoms with Crippen molar-refractivity contribution in [2.45, 2.75) is 34.2 Å². The number of rotatable bonds is 9. The number of hydrogen-bond donors (Lipinski definition) is 2. The molecule has 0 saturated carbocycles. The zero-order valence-electron chi connectivity index (χ0n) is 19.3. The maximum atomic E-state index is 12.0. The number of carbonyl (C=O) groups excluding carboxylic acids is 1. The molecule has 0 bridgehead atoms. The molecule has 10 heteroatoms. The number of hydrogen-bond acceptors (Lipinski definition) is 9. The van der Waals surface area contributed by atoms with Gasteiger partial charge in [-0.15, -0.1) is 0 Å². The molecule has 0 fully saturated rings. The normalized spacial score (nSPS) is 11.4. The summed E-state index contributed by atoms with van der Waals surface area (Å²) in [5.74, 6) is 0.518. The SMILES string of the molecule is C=C(/N=C(/C)c1ncn(Cc2ccc(O)c(OC)c2)c1C)Nc1nc(C)c(C(=O)OCC)s1. The standard InChI is InChI=1S/C23H27N5O4S/c1-7-32-22(30)21-14(3)26-23(33-21)27-16(5)25-13(2)20-15(4)28(12-24-20)11-17-8-9-18(29)19(10-17)31-6/h8-10,12,29H,5,7,11H2,1-4,6H3,(H,26,27)/b25-13-. The lowest BCUT2D eigenvalue weighted by Crippen LogP contribution is -2.05. The average molecular weight is 470 g/mol. The number of aliphatic imine (C=N–C) groups is 1. The molecule has 1 aromatic carbocycles. The van der Waals surface area contributed by atoms with Gasteiger partial charge in [0.2, 0.25) is 0 Å². The van der Waals surface area contributed by atoms with Crippen LogP contribution in [0.2, 0.25) is 0 Å². The molecule has 2 heterocycles. The van der Waals surface area contributed by atoms with E-state index in [2.05, 4.69) is 26.9 Å². The van der Waals surface area contributed by atoms with Gasteiger partial charge >= 0.3 is 5.97 Å². The van der Waals surface area contributed by atoms with Gasteiger partial charge in [0.1, 0.15) is 16.4 Å². The van der Waals surface area contributed by atoms with Crippen LogP contribution in [-0.2, 0) is 11.3 Å². The summed E-state index contributed by atoms with van der Waals surface area (Å²) in [7, 11) is 1.52. The van der Waals surface area contributed by atoms with E-state index in [1.54, 1.807) is 32.3 Å². The molecular weight excluding hydrogens is 442 g/mol. The summed E-state index contributed by atoms with van der Waals surface area (Å²) in [5, 5.41) is 13.3. The van der Waals surface area contributed by atoms with Crippen molar-refractivity contribution < 1.29 is 19.4 Å². The summed E-state index contributed by atoms with van der Waals surface area (Å²) in [5.41, 5.74) is 3.92. The van der Waals surface area contributed by atoms with E-state index < -0.39 is 5.97 Å². The van der Waals surface area contributed by atoms with Crippen LogP contribution in [0.25, 0.3) is 0 Å². The Hall–Kier alpha value is -3.66. The van der Waals surface area contributed by atoms with Crippen molar-refractivity contribution in [1.82, 2.24) is 14.5 Å². The largest absolute Gasteiger partial charge is 0.504 e. The van der Waals surface area contributed by atoms with E-state index in [0.29, 0.717) is 46.1 Å². The number of aromatic hydroxyl groups is 1. The number of anilines is 1. The molecule has 0 amide bonds. The average Bonchev–Trinajstić information content (AvgIpc) is 3.31. The van der Waals surface area contributed by atoms with Crippen LogP contribution in [0.1, 0.15) is 46.2 Å². The fraction of sp³-hybridized carbons (Fsp3) is 0.304. The van der Waals surface area contributed by atoms with Crippen LogP contribution >= 0.6 is 11.3 Å². The number of benzene rings is 1. The predicted molar refractivity (Wildman–Crippen MR) is 129 cm³/mol. The van der Waals surface area contributed by atoms with Gasteiger partial charge in [0.05, 0.1) is 31.4 Å². The van der Waals surface area contributed by atoms with E-state index in [-0.39, 0.29) is 5.75 Å². The molecule has 0 saturated heterocycles. The highest BCUT2D eigenvalue weighted by molar-refractivity contribution is 7.17. The maximum Gasteiger partial charge on any atom is 0.350 e. The summed E-state index contributed by atoms with van der Waals surface area (Å²) < 4.78 is 12.2. The van der Waals surface area contributed by atoms with Gasteiger partial charge in [-0.3, -0.25) is 0 Å². The van der Waals surface area contributed by atoms with Gasteiger partial charge in [-0.25, -0.2) is 19.8 Å². The van der Waals surface area contributed by atoms with Crippen LogP contribution in [0.3, 0.4) is 0 Å². The molecule has 0 atom stereocenters. The third-order valence-corrected chi connectivity index (χ3v) is 5.90. The molecule has 9 nitrogen and oxygen atoms in total. The summed E-state index contributed by atoms with van der Waals surface area (Å²) >= 11 is 1.20. The molecule has 174 valence electrons. The highest BCUT2D eigenvalue weighted by Crippen LogP contribution is 2.27. The van der Waals surface area contributed by atoms with Crippen LogP contribution in [-0.4, -0.2) is 45.0 Å². The van der Waals surface area contributed by atoms with Crippen molar-refractivity contribution in [2.75, 3.05) is 19.0 Å². The van der Waals surface area contributed by atoms with Gasteiger partial charge in [0.25, 0.3) is 0 Å². The smallest absolute Gasteiger partial charge is 0.350 e. The van der Waals surface area contributed by atoms with Crippen molar-refractivity contribution >= 4 is 28.1 Å². The van der Waals surface area contributed by atoms with Gasteiger partial charge in [0, 0.05) is 12.2 Å². The van der Waals surface area contributed by atoms with Crippen molar-refractivity contribution in [2.24, 2.45) is 4.99 Å². The first-order valence-electron chi connectivity index (χ1n) is 10.3. The molecule has 3 rings (SSSR count). The Morgan fingerprint density at radius 1 is 1.36 bits per heavy atom. The molecule has 0 aliphatic carbocycles. The third kappa shape index (κ3) is 5.58. The quantitative estimate of drug-likeness (QED) is 0.355. The van der Waals surface area contributed by atoms with E-state index in [1.807, 2.05) is 24.5 Å². The Morgan fingerprint density at radius 3 is 2.82 bits per heavy atom. The number of esters is 1. The molecule has 3 aromatic rings. The van der Waals surface area contributed by atoms with Crippen LogP contribution in [0.15, 0.2) is 41.9 Å². The maximum absolute atomic E-state index is 12.0. The van der Waals surface area contributed by atoms with Crippen molar-refractivity contribution in [3.05, 3.63) is 64.4 Å². The zero-order chi connectivity index (χ0) is 24.1. The number of nitrogens with one attached hydrogen (secondary N) is 1. The van der Waals surface area contributed by atoms with Crippen LogP contribution in [0.5, 0.6) is 11.5 Å². The molecule has 2 aromatic heterocycles. The summed E-state index contributed by atoms with van der Waals surface area (Å²) in [6, 6.07) is 5.24. The van der Waals surface area contributed by atoms with Crippen LogP contribution in [0, 0.1) is 13.8 Å². The Balaban J connectivity index is 1.72. The van der Waals surface area contributed by atoms with Crippen LogP contribution in [0.4, 0.5) is 5.13 Å². The van der Waals surface area contributed by atoms with Crippen molar-refractivity contribution in [3.8, 4) is 11.5 Å². The van der Waals surface area contributed by atoms with E-state index in [9.17, 15) is 9.90 Å². The first-order valence-corrected chi connectivity index (χ1v) is 11.1. The molecule has 2 N–H and O–H groups in total. The highest BCUT2D eigenvalue weighted by atomic mass is 32.1. The third-order valence-electron chi connectivity index (χ3n) is 4.85. The monoisotopic (exact) mass is 469 g/mol. The van der Waals surface area contributed by atoms with Gasteiger partial charge in [-0.1, -0.05) is 24.0 Å². The summed E-state index contributed by atoms with van der Waals surface area (Å²) in [6.07, 6.45) is 1.75. The Labute approximate surface area is 196 Å². The number of carbonyl (C=O) groups is 1. The molecule has 33 heavy (non-hydrogen) atoms. The van der Waals surface area contributed by atoms with Gasteiger partial charge in [-0.05, 0) is 45.4 Å². The van der Waals surface area contributed by atoms with Crippen LogP contribution < -0.4 is 10.1 Å².